The quantitative estimate of drug-likeness (QED) is 0.340. The molecule has 6 nitrogen and oxygen atoms in total. The van der Waals surface area contributed by atoms with Gasteiger partial charge in [-0.3, -0.25) is 9.79 Å². The van der Waals surface area contributed by atoms with Gasteiger partial charge >= 0.3 is 0 Å². The number of carbonyl (C=O) groups is 1. The van der Waals surface area contributed by atoms with Crippen LogP contribution < -0.4 is 20.3 Å². The Kier molecular flexibility index (Phi) is 9.24. The lowest BCUT2D eigenvalue weighted by Crippen LogP contribution is -2.36. The molecule has 156 valence electrons. The van der Waals surface area contributed by atoms with Gasteiger partial charge in [0.25, 0.3) is 0 Å². The molecule has 1 aliphatic rings. The van der Waals surface area contributed by atoms with Gasteiger partial charge in [-0.25, -0.2) is 0 Å². The maximum absolute atomic E-state index is 11.8. The summed E-state index contributed by atoms with van der Waals surface area (Å²) in [6, 6.07) is 16.2. The van der Waals surface area contributed by atoms with Gasteiger partial charge in [-0.2, -0.15) is 0 Å². The molecule has 7 heteroatoms. The number of amides is 1. The molecule has 2 aromatic rings. The second-order valence-electron chi connectivity index (χ2n) is 6.68. The molecule has 1 heterocycles. The zero-order valence-corrected chi connectivity index (χ0v) is 19.3. The standard InChI is InChI=1S/C22H28N4O2.HI/c1-3-28-20-7-4-6-18(14-20)16-25-22(23-2)24-15-17-9-11-19(12-10-17)26-13-5-8-21(26)27;/h4,6-7,9-12,14H,3,5,8,13,15-16H2,1-2H3,(H2,23,24,25);1H. The molecule has 1 saturated heterocycles. The summed E-state index contributed by atoms with van der Waals surface area (Å²) < 4.78 is 5.54. The Morgan fingerprint density at radius 3 is 2.45 bits per heavy atom. The normalized spacial score (nSPS) is 13.8. The summed E-state index contributed by atoms with van der Waals surface area (Å²) in [5, 5.41) is 6.64. The third-order valence-electron chi connectivity index (χ3n) is 4.67. The number of aliphatic imine (C=N–C) groups is 1. The van der Waals surface area contributed by atoms with Crippen LogP contribution in [0.2, 0.25) is 0 Å². The highest BCUT2D eigenvalue weighted by Crippen LogP contribution is 2.21. The number of hydrogen-bond acceptors (Lipinski definition) is 3. The van der Waals surface area contributed by atoms with Crippen LogP contribution in [0.15, 0.2) is 53.5 Å². The van der Waals surface area contributed by atoms with E-state index in [2.05, 4.69) is 21.7 Å². The largest absolute Gasteiger partial charge is 0.494 e. The molecular formula is C22H29IN4O2. The molecule has 0 atom stereocenters. The number of hydrogen-bond donors (Lipinski definition) is 2. The van der Waals surface area contributed by atoms with Crippen LogP contribution in [0.5, 0.6) is 5.75 Å². The van der Waals surface area contributed by atoms with Crippen molar-refractivity contribution in [3.8, 4) is 5.75 Å². The maximum atomic E-state index is 11.8. The van der Waals surface area contributed by atoms with Crippen LogP contribution in [0, 0.1) is 0 Å². The molecular weight excluding hydrogens is 479 g/mol. The van der Waals surface area contributed by atoms with E-state index in [1.165, 1.54) is 0 Å². The number of rotatable bonds is 7. The number of nitrogens with zero attached hydrogens (tertiary/aromatic N) is 2. The molecule has 2 N–H and O–H groups in total. The fraction of sp³-hybridized carbons (Fsp3) is 0.364. The lowest BCUT2D eigenvalue weighted by atomic mass is 10.2. The number of guanidine groups is 1. The van der Waals surface area contributed by atoms with Crippen molar-refractivity contribution in [2.24, 2.45) is 4.99 Å². The van der Waals surface area contributed by atoms with Crippen LogP contribution in [-0.2, 0) is 17.9 Å². The van der Waals surface area contributed by atoms with E-state index in [4.69, 9.17) is 4.74 Å². The molecule has 0 aliphatic carbocycles. The summed E-state index contributed by atoms with van der Waals surface area (Å²) in [6.07, 6.45) is 1.59. The van der Waals surface area contributed by atoms with Crippen LogP contribution in [0.25, 0.3) is 0 Å². The Morgan fingerprint density at radius 1 is 1.10 bits per heavy atom. The van der Waals surface area contributed by atoms with E-state index in [0.717, 1.165) is 41.5 Å². The van der Waals surface area contributed by atoms with Crippen molar-refractivity contribution < 1.29 is 9.53 Å². The van der Waals surface area contributed by atoms with Gasteiger partial charge in [0.2, 0.25) is 5.91 Å². The average Bonchev–Trinajstić information content (AvgIpc) is 3.15. The Hall–Kier alpha value is -2.29. The molecule has 0 saturated carbocycles. The molecule has 0 spiro atoms. The zero-order valence-electron chi connectivity index (χ0n) is 17.0. The fourth-order valence-corrected chi connectivity index (χ4v) is 3.22. The molecule has 0 aromatic heterocycles. The second-order valence-corrected chi connectivity index (χ2v) is 6.68. The first kappa shape index (κ1) is 23.0. The van der Waals surface area contributed by atoms with E-state index in [1.54, 1.807) is 7.05 Å². The minimum absolute atomic E-state index is 0. The Bertz CT molecular complexity index is 824. The first-order chi connectivity index (χ1) is 13.7. The maximum Gasteiger partial charge on any atom is 0.227 e. The topological polar surface area (TPSA) is 66.0 Å². The van der Waals surface area contributed by atoms with Crippen LogP contribution in [0.4, 0.5) is 5.69 Å². The molecule has 3 rings (SSSR count). The van der Waals surface area contributed by atoms with E-state index < -0.39 is 0 Å². The highest BCUT2D eigenvalue weighted by Gasteiger charge is 2.21. The molecule has 2 aromatic carbocycles. The van der Waals surface area contributed by atoms with E-state index in [9.17, 15) is 4.79 Å². The van der Waals surface area contributed by atoms with Crippen molar-refractivity contribution in [2.45, 2.75) is 32.9 Å². The van der Waals surface area contributed by atoms with Crippen molar-refractivity contribution in [2.75, 3.05) is 25.1 Å². The van der Waals surface area contributed by atoms with Crippen LogP contribution in [0.3, 0.4) is 0 Å². The summed E-state index contributed by atoms with van der Waals surface area (Å²) in [6.45, 7) is 4.78. The van der Waals surface area contributed by atoms with Crippen LogP contribution in [-0.4, -0.2) is 32.1 Å². The Labute approximate surface area is 189 Å². The number of benzene rings is 2. The smallest absolute Gasteiger partial charge is 0.227 e. The predicted molar refractivity (Wildman–Crippen MR) is 128 cm³/mol. The van der Waals surface area contributed by atoms with Crippen LogP contribution >= 0.6 is 24.0 Å². The van der Waals surface area contributed by atoms with Crippen molar-refractivity contribution in [1.82, 2.24) is 10.6 Å². The Morgan fingerprint density at radius 2 is 1.83 bits per heavy atom. The minimum atomic E-state index is 0. The minimum Gasteiger partial charge on any atom is -0.494 e. The number of ether oxygens (including phenoxy) is 1. The Balaban J connectivity index is 0.00000300. The summed E-state index contributed by atoms with van der Waals surface area (Å²) in [5.74, 6) is 1.82. The fourth-order valence-electron chi connectivity index (χ4n) is 3.22. The van der Waals surface area contributed by atoms with Crippen molar-refractivity contribution >= 4 is 41.5 Å². The summed E-state index contributed by atoms with van der Waals surface area (Å²) in [4.78, 5) is 18.0. The average molecular weight is 508 g/mol. The van der Waals surface area contributed by atoms with Crippen LogP contribution in [0.1, 0.15) is 30.9 Å². The monoisotopic (exact) mass is 508 g/mol. The molecule has 0 bridgehead atoms. The molecule has 1 aliphatic heterocycles. The van der Waals surface area contributed by atoms with Crippen molar-refractivity contribution in [3.05, 3.63) is 59.7 Å². The van der Waals surface area contributed by atoms with Gasteiger partial charge in [0, 0.05) is 38.8 Å². The number of nitrogens with one attached hydrogen (secondary N) is 2. The molecule has 1 amide bonds. The first-order valence-electron chi connectivity index (χ1n) is 9.75. The van der Waals surface area contributed by atoms with Gasteiger partial charge in [-0.05, 0) is 48.7 Å². The highest BCUT2D eigenvalue weighted by molar-refractivity contribution is 14.0. The van der Waals surface area contributed by atoms with E-state index >= 15 is 0 Å². The SMILES string of the molecule is CCOc1cccc(CNC(=NC)NCc2ccc(N3CCCC3=O)cc2)c1.I. The van der Waals surface area contributed by atoms with Gasteiger partial charge < -0.3 is 20.3 Å². The van der Waals surface area contributed by atoms with Gasteiger partial charge in [0.05, 0.1) is 6.61 Å². The van der Waals surface area contributed by atoms with E-state index in [1.807, 2.05) is 54.3 Å². The third kappa shape index (κ3) is 6.62. The number of carbonyl (C=O) groups excluding carboxylic acids is 1. The van der Waals surface area contributed by atoms with Gasteiger partial charge in [0.15, 0.2) is 5.96 Å². The summed E-state index contributed by atoms with van der Waals surface area (Å²) in [7, 11) is 1.76. The lowest BCUT2D eigenvalue weighted by Gasteiger charge is -2.16. The lowest BCUT2D eigenvalue weighted by molar-refractivity contribution is -0.117. The van der Waals surface area contributed by atoms with Crippen molar-refractivity contribution in [3.63, 3.8) is 0 Å². The third-order valence-corrected chi connectivity index (χ3v) is 4.67. The molecule has 0 radical (unpaired) electrons. The number of anilines is 1. The molecule has 29 heavy (non-hydrogen) atoms. The first-order valence-corrected chi connectivity index (χ1v) is 9.75. The van der Waals surface area contributed by atoms with E-state index in [-0.39, 0.29) is 29.9 Å². The summed E-state index contributed by atoms with van der Waals surface area (Å²) >= 11 is 0. The summed E-state index contributed by atoms with van der Waals surface area (Å²) in [5.41, 5.74) is 3.24. The number of halogens is 1. The highest BCUT2D eigenvalue weighted by atomic mass is 127. The molecule has 0 unspecified atom stereocenters. The predicted octanol–water partition coefficient (Wildman–Crippen LogP) is 3.70. The second kappa shape index (κ2) is 11.6. The van der Waals surface area contributed by atoms with Gasteiger partial charge in [0.1, 0.15) is 5.75 Å². The zero-order chi connectivity index (χ0) is 19.8. The van der Waals surface area contributed by atoms with E-state index in [0.29, 0.717) is 26.1 Å². The van der Waals surface area contributed by atoms with Gasteiger partial charge in [-0.1, -0.05) is 24.3 Å². The van der Waals surface area contributed by atoms with Gasteiger partial charge in [-0.15, -0.1) is 24.0 Å². The van der Waals surface area contributed by atoms with Crippen molar-refractivity contribution in [1.29, 1.82) is 0 Å². The molecule has 1 fully saturated rings.